The number of hydrogen-bond acceptors (Lipinski definition) is 5. The van der Waals surface area contributed by atoms with Gasteiger partial charge in [-0.2, -0.15) is 0 Å². The highest BCUT2D eigenvalue weighted by atomic mass is 16.5. The average molecular weight is 455 g/mol. The van der Waals surface area contributed by atoms with Gasteiger partial charge in [0.05, 0.1) is 17.9 Å². The SMILES string of the molecule is CCOc1ccccc1NC(=O)Nc1ccc(N2CCCCC2)c(C(=O)NCCCOC)c1. The lowest BCUT2D eigenvalue weighted by molar-refractivity contribution is 0.0949. The van der Waals surface area contributed by atoms with Gasteiger partial charge in [0.15, 0.2) is 0 Å². The van der Waals surface area contributed by atoms with Gasteiger partial charge >= 0.3 is 6.03 Å². The molecule has 0 spiro atoms. The number of benzene rings is 2. The molecule has 0 saturated carbocycles. The minimum atomic E-state index is -0.403. The van der Waals surface area contributed by atoms with Crippen molar-refractivity contribution in [2.24, 2.45) is 0 Å². The van der Waals surface area contributed by atoms with E-state index >= 15 is 0 Å². The molecule has 33 heavy (non-hydrogen) atoms. The molecule has 3 rings (SSSR count). The molecule has 8 nitrogen and oxygen atoms in total. The molecule has 1 aliphatic rings. The highest BCUT2D eigenvalue weighted by Gasteiger charge is 2.20. The Kier molecular flexibility index (Phi) is 9.38. The van der Waals surface area contributed by atoms with Gasteiger partial charge in [0.25, 0.3) is 5.91 Å². The van der Waals surface area contributed by atoms with Gasteiger partial charge in [-0.3, -0.25) is 4.79 Å². The Hall–Kier alpha value is -3.26. The minimum Gasteiger partial charge on any atom is -0.492 e. The zero-order chi connectivity index (χ0) is 23.5. The number of ether oxygens (including phenoxy) is 2. The zero-order valence-electron chi connectivity index (χ0n) is 19.5. The fraction of sp³-hybridized carbons (Fsp3) is 0.440. The minimum absolute atomic E-state index is 0.155. The van der Waals surface area contributed by atoms with E-state index in [0.29, 0.717) is 42.4 Å². The smallest absolute Gasteiger partial charge is 0.323 e. The molecule has 0 atom stereocenters. The van der Waals surface area contributed by atoms with Crippen molar-refractivity contribution in [1.82, 2.24) is 5.32 Å². The molecule has 1 heterocycles. The number of nitrogens with one attached hydrogen (secondary N) is 3. The van der Waals surface area contributed by atoms with Crippen molar-refractivity contribution < 1.29 is 19.1 Å². The van der Waals surface area contributed by atoms with E-state index in [-0.39, 0.29) is 5.91 Å². The van der Waals surface area contributed by atoms with Gasteiger partial charge < -0.3 is 30.3 Å². The van der Waals surface area contributed by atoms with Crippen LogP contribution in [0.5, 0.6) is 5.75 Å². The first kappa shape index (κ1) is 24.4. The third kappa shape index (κ3) is 7.12. The third-order valence-corrected chi connectivity index (χ3v) is 5.44. The number of amides is 3. The molecule has 1 saturated heterocycles. The number of carbonyl (C=O) groups excluding carboxylic acids is 2. The molecule has 0 unspecified atom stereocenters. The van der Waals surface area contributed by atoms with Crippen LogP contribution < -0.4 is 25.6 Å². The van der Waals surface area contributed by atoms with Crippen LogP contribution in [0.25, 0.3) is 0 Å². The summed E-state index contributed by atoms with van der Waals surface area (Å²) in [6.45, 7) is 5.35. The normalized spacial score (nSPS) is 13.3. The second-order valence-electron chi connectivity index (χ2n) is 7.89. The Morgan fingerprint density at radius 2 is 1.82 bits per heavy atom. The number of piperidine rings is 1. The molecule has 0 bridgehead atoms. The second-order valence-corrected chi connectivity index (χ2v) is 7.89. The number of para-hydroxylation sites is 2. The van der Waals surface area contributed by atoms with E-state index in [2.05, 4.69) is 20.9 Å². The summed E-state index contributed by atoms with van der Waals surface area (Å²) in [6, 6.07) is 12.4. The van der Waals surface area contributed by atoms with Crippen LogP contribution >= 0.6 is 0 Å². The monoisotopic (exact) mass is 454 g/mol. The first-order chi connectivity index (χ1) is 16.1. The van der Waals surface area contributed by atoms with E-state index < -0.39 is 6.03 Å². The molecule has 8 heteroatoms. The molecule has 2 aromatic carbocycles. The maximum atomic E-state index is 13.0. The Labute approximate surface area is 195 Å². The molecular weight excluding hydrogens is 420 g/mol. The molecule has 0 aliphatic carbocycles. The fourth-order valence-corrected chi connectivity index (χ4v) is 3.86. The van der Waals surface area contributed by atoms with Gasteiger partial charge in [0, 0.05) is 44.7 Å². The summed E-state index contributed by atoms with van der Waals surface area (Å²) in [5.74, 6) is 0.448. The summed E-state index contributed by atoms with van der Waals surface area (Å²) in [5, 5.41) is 8.62. The summed E-state index contributed by atoms with van der Waals surface area (Å²) in [6.07, 6.45) is 4.16. The van der Waals surface area contributed by atoms with E-state index in [4.69, 9.17) is 9.47 Å². The highest BCUT2D eigenvalue weighted by Crippen LogP contribution is 2.28. The van der Waals surface area contributed by atoms with E-state index in [1.165, 1.54) is 6.42 Å². The summed E-state index contributed by atoms with van der Waals surface area (Å²) in [5.41, 5.74) is 2.58. The number of rotatable bonds is 10. The molecular formula is C25H34N4O4. The quantitative estimate of drug-likeness (QED) is 0.460. The second kappa shape index (κ2) is 12.7. The molecule has 1 fully saturated rings. The number of methoxy groups -OCH3 is 1. The largest absolute Gasteiger partial charge is 0.492 e. The van der Waals surface area contributed by atoms with Crippen LogP contribution in [0.2, 0.25) is 0 Å². The Balaban J connectivity index is 1.75. The fourth-order valence-electron chi connectivity index (χ4n) is 3.86. The first-order valence-corrected chi connectivity index (χ1v) is 11.6. The highest BCUT2D eigenvalue weighted by molar-refractivity contribution is 6.04. The predicted molar refractivity (Wildman–Crippen MR) is 132 cm³/mol. The molecule has 2 aromatic rings. The van der Waals surface area contributed by atoms with E-state index in [0.717, 1.165) is 38.0 Å². The standard InChI is InChI=1S/C25H34N4O4/c1-3-33-23-11-6-5-10-21(23)28-25(31)27-19-12-13-22(29-15-7-4-8-16-29)20(18-19)24(30)26-14-9-17-32-2/h5-6,10-13,18H,3-4,7-9,14-17H2,1-2H3,(H,26,30)(H2,27,28,31). The van der Waals surface area contributed by atoms with Crippen LogP contribution in [0.1, 0.15) is 43.0 Å². The van der Waals surface area contributed by atoms with Crippen molar-refractivity contribution in [2.75, 3.05) is 55.5 Å². The summed E-state index contributed by atoms with van der Waals surface area (Å²) in [4.78, 5) is 27.9. The van der Waals surface area contributed by atoms with Crippen molar-refractivity contribution in [1.29, 1.82) is 0 Å². The maximum Gasteiger partial charge on any atom is 0.323 e. The van der Waals surface area contributed by atoms with Gasteiger partial charge in [-0.15, -0.1) is 0 Å². The van der Waals surface area contributed by atoms with Crippen LogP contribution in [0, 0.1) is 0 Å². The van der Waals surface area contributed by atoms with Crippen molar-refractivity contribution in [3.8, 4) is 5.75 Å². The van der Waals surface area contributed by atoms with Crippen LogP contribution in [0.3, 0.4) is 0 Å². The van der Waals surface area contributed by atoms with E-state index in [9.17, 15) is 9.59 Å². The first-order valence-electron chi connectivity index (χ1n) is 11.6. The molecule has 0 aromatic heterocycles. The average Bonchev–Trinajstić information content (AvgIpc) is 2.83. The topological polar surface area (TPSA) is 91.9 Å². The number of carbonyl (C=O) groups is 2. The van der Waals surface area contributed by atoms with Crippen molar-refractivity contribution in [3.05, 3.63) is 48.0 Å². The van der Waals surface area contributed by atoms with Gasteiger partial charge in [0.2, 0.25) is 0 Å². The lowest BCUT2D eigenvalue weighted by Gasteiger charge is -2.30. The van der Waals surface area contributed by atoms with Crippen LogP contribution in [0.4, 0.5) is 21.9 Å². The van der Waals surface area contributed by atoms with Crippen molar-refractivity contribution in [3.63, 3.8) is 0 Å². The number of urea groups is 1. The van der Waals surface area contributed by atoms with Crippen LogP contribution in [0.15, 0.2) is 42.5 Å². The van der Waals surface area contributed by atoms with Gasteiger partial charge in [-0.05, 0) is 62.9 Å². The van der Waals surface area contributed by atoms with E-state index in [1.54, 1.807) is 25.3 Å². The van der Waals surface area contributed by atoms with Gasteiger partial charge in [-0.25, -0.2) is 4.79 Å². The summed E-state index contributed by atoms with van der Waals surface area (Å²) in [7, 11) is 1.64. The molecule has 3 amide bonds. The number of hydrogen-bond donors (Lipinski definition) is 3. The zero-order valence-corrected chi connectivity index (χ0v) is 19.5. The van der Waals surface area contributed by atoms with Crippen molar-refractivity contribution in [2.45, 2.75) is 32.6 Å². The number of nitrogens with zero attached hydrogens (tertiary/aromatic N) is 1. The lowest BCUT2D eigenvalue weighted by Crippen LogP contribution is -2.33. The molecule has 3 N–H and O–H groups in total. The Morgan fingerprint density at radius 1 is 1.03 bits per heavy atom. The summed E-state index contributed by atoms with van der Waals surface area (Å²) >= 11 is 0. The Bertz CT molecular complexity index is 928. The van der Waals surface area contributed by atoms with Gasteiger partial charge in [-0.1, -0.05) is 12.1 Å². The van der Waals surface area contributed by atoms with Crippen molar-refractivity contribution >= 4 is 29.0 Å². The predicted octanol–water partition coefficient (Wildman–Crippen LogP) is 4.49. The lowest BCUT2D eigenvalue weighted by atomic mass is 10.1. The number of anilines is 3. The molecule has 1 aliphatic heterocycles. The summed E-state index contributed by atoms with van der Waals surface area (Å²) < 4.78 is 10.6. The van der Waals surface area contributed by atoms with Crippen LogP contribution in [-0.4, -0.2) is 51.9 Å². The van der Waals surface area contributed by atoms with Gasteiger partial charge in [0.1, 0.15) is 5.75 Å². The van der Waals surface area contributed by atoms with Crippen LogP contribution in [-0.2, 0) is 4.74 Å². The third-order valence-electron chi connectivity index (χ3n) is 5.44. The van der Waals surface area contributed by atoms with E-state index in [1.807, 2.05) is 31.2 Å². The molecule has 178 valence electrons. The Morgan fingerprint density at radius 3 is 2.58 bits per heavy atom. The maximum absolute atomic E-state index is 13.0. The molecule has 0 radical (unpaired) electrons.